The number of nitrogens with zero attached hydrogens (tertiary/aromatic N) is 1. The molecule has 86 valence electrons. The van der Waals surface area contributed by atoms with Gasteiger partial charge < -0.3 is 5.32 Å². The molecule has 2 atom stereocenters. The van der Waals surface area contributed by atoms with E-state index in [-0.39, 0.29) is 6.04 Å². The van der Waals surface area contributed by atoms with E-state index in [0.29, 0.717) is 0 Å². The van der Waals surface area contributed by atoms with Crippen LogP contribution in [0.3, 0.4) is 0 Å². The lowest BCUT2D eigenvalue weighted by Gasteiger charge is -2.19. The highest BCUT2D eigenvalue weighted by Gasteiger charge is 2.30. The van der Waals surface area contributed by atoms with Crippen LogP contribution in [0.5, 0.6) is 0 Å². The Labute approximate surface area is 90.5 Å². The third kappa shape index (κ3) is 4.61. The lowest BCUT2D eigenvalue weighted by atomic mass is 10.2. The Kier molecular flexibility index (Phi) is 4.10. The van der Waals surface area contributed by atoms with Crippen LogP contribution in [0.1, 0.15) is 32.0 Å². The van der Waals surface area contributed by atoms with Crippen molar-refractivity contribution in [3.8, 4) is 0 Å². The van der Waals surface area contributed by atoms with Gasteiger partial charge in [0.15, 0.2) is 0 Å². The number of thiazole rings is 1. The molecule has 0 bridgehead atoms. The van der Waals surface area contributed by atoms with Gasteiger partial charge in [-0.15, -0.1) is 11.3 Å². The topological polar surface area (TPSA) is 24.9 Å². The second-order valence-corrected chi connectivity index (χ2v) is 4.24. The van der Waals surface area contributed by atoms with E-state index in [2.05, 4.69) is 10.3 Å². The molecule has 0 spiro atoms. The number of nitrogens with one attached hydrogen (secondary N) is 1. The quantitative estimate of drug-likeness (QED) is 0.871. The molecule has 0 radical (unpaired) electrons. The van der Waals surface area contributed by atoms with Crippen LogP contribution in [0.2, 0.25) is 0 Å². The number of rotatable bonds is 4. The summed E-state index contributed by atoms with van der Waals surface area (Å²) in [5, 5.41) is 4.69. The third-order valence-corrected chi connectivity index (χ3v) is 2.57. The van der Waals surface area contributed by atoms with Crippen LogP contribution in [0.25, 0.3) is 0 Å². The summed E-state index contributed by atoms with van der Waals surface area (Å²) in [4.78, 5) is 4.04. The van der Waals surface area contributed by atoms with E-state index in [1.165, 1.54) is 18.3 Å². The molecule has 1 N–H and O–H groups in total. The highest BCUT2D eigenvalue weighted by Crippen LogP contribution is 2.22. The van der Waals surface area contributed by atoms with Crippen molar-refractivity contribution in [3.63, 3.8) is 0 Å². The first-order valence-electron chi connectivity index (χ1n) is 4.59. The van der Waals surface area contributed by atoms with Crippen LogP contribution in [0.4, 0.5) is 13.2 Å². The molecule has 15 heavy (non-hydrogen) atoms. The van der Waals surface area contributed by atoms with Gasteiger partial charge in [0.2, 0.25) is 0 Å². The van der Waals surface area contributed by atoms with Crippen molar-refractivity contribution in [1.29, 1.82) is 0 Å². The molecule has 2 unspecified atom stereocenters. The molecule has 1 aromatic heterocycles. The summed E-state index contributed by atoms with van der Waals surface area (Å²) in [6.45, 7) is 3.33. The Morgan fingerprint density at radius 3 is 2.60 bits per heavy atom. The fourth-order valence-corrected chi connectivity index (χ4v) is 2.00. The average Bonchev–Trinajstić information content (AvgIpc) is 2.50. The van der Waals surface area contributed by atoms with Crippen molar-refractivity contribution in [3.05, 3.63) is 16.6 Å². The minimum absolute atomic E-state index is 0.145. The smallest absolute Gasteiger partial charge is 0.306 e. The number of aromatic nitrogens is 1. The van der Waals surface area contributed by atoms with Crippen molar-refractivity contribution in [2.75, 3.05) is 0 Å². The Hall–Kier alpha value is -0.620. The monoisotopic (exact) mass is 238 g/mol. The van der Waals surface area contributed by atoms with Gasteiger partial charge in [-0.1, -0.05) is 0 Å². The average molecular weight is 238 g/mol. The van der Waals surface area contributed by atoms with E-state index < -0.39 is 18.6 Å². The SMILES string of the molecule is CC(CC(F)(F)F)NC(C)c1cscn1. The van der Waals surface area contributed by atoms with Gasteiger partial charge in [0, 0.05) is 17.5 Å². The first-order chi connectivity index (χ1) is 6.88. The van der Waals surface area contributed by atoms with Crippen molar-refractivity contribution in [2.24, 2.45) is 0 Å². The molecule has 0 aliphatic rings. The standard InChI is InChI=1S/C9H13F3N2S/c1-6(3-9(10,11)12)14-7(2)8-4-15-5-13-8/h4-7,14H,3H2,1-2H3. The summed E-state index contributed by atoms with van der Waals surface area (Å²) in [5.41, 5.74) is 2.45. The molecule has 0 saturated heterocycles. The normalized spacial score (nSPS) is 16.3. The first-order valence-corrected chi connectivity index (χ1v) is 5.53. The van der Waals surface area contributed by atoms with Gasteiger partial charge >= 0.3 is 6.18 Å². The molecule has 0 fully saturated rings. The highest BCUT2D eigenvalue weighted by molar-refractivity contribution is 7.07. The van der Waals surface area contributed by atoms with Gasteiger partial charge in [0.1, 0.15) is 0 Å². The largest absolute Gasteiger partial charge is 0.390 e. The zero-order valence-corrected chi connectivity index (χ0v) is 9.32. The fourth-order valence-electron chi connectivity index (χ4n) is 1.35. The second-order valence-electron chi connectivity index (χ2n) is 3.52. The van der Waals surface area contributed by atoms with Gasteiger partial charge in [-0.05, 0) is 13.8 Å². The molecule has 1 aromatic rings. The summed E-state index contributed by atoms with van der Waals surface area (Å²) in [6, 6.07) is -0.740. The van der Waals surface area contributed by atoms with Crippen LogP contribution < -0.4 is 5.32 Å². The van der Waals surface area contributed by atoms with Crippen LogP contribution in [-0.4, -0.2) is 17.2 Å². The lowest BCUT2D eigenvalue weighted by molar-refractivity contribution is -0.139. The molecule has 1 rings (SSSR count). The highest BCUT2D eigenvalue weighted by atomic mass is 32.1. The molecule has 0 amide bonds. The lowest BCUT2D eigenvalue weighted by Crippen LogP contribution is -2.33. The summed E-state index contributed by atoms with van der Waals surface area (Å²) in [7, 11) is 0. The van der Waals surface area contributed by atoms with Gasteiger partial charge in [0.05, 0.1) is 17.6 Å². The molecule has 6 heteroatoms. The van der Waals surface area contributed by atoms with Crippen LogP contribution in [0, 0.1) is 0 Å². The molecule has 1 heterocycles. The van der Waals surface area contributed by atoms with Crippen molar-refractivity contribution < 1.29 is 13.2 Å². The Bertz CT molecular complexity index is 284. The number of hydrogen-bond donors (Lipinski definition) is 1. The molecule has 0 aliphatic carbocycles. The van der Waals surface area contributed by atoms with E-state index >= 15 is 0 Å². The van der Waals surface area contributed by atoms with Crippen LogP contribution in [0.15, 0.2) is 10.9 Å². The zero-order valence-electron chi connectivity index (χ0n) is 8.51. The number of hydrogen-bond acceptors (Lipinski definition) is 3. The van der Waals surface area contributed by atoms with Crippen molar-refractivity contribution in [2.45, 2.75) is 38.5 Å². The van der Waals surface area contributed by atoms with Gasteiger partial charge in [-0.2, -0.15) is 13.2 Å². The predicted molar refractivity (Wildman–Crippen MR) is 53.8 cm³/mol. The molecule has 0 saturated carbocycles. The first kappa shape index (κ1) is 12.4. The van der Waals surface area contributed by atoms with Gasteiger partial charge in [0.25, 0.3) is 0 Å². The zero-order chi connectivity index (χ0) is 11.5. The van der Waals surface area contributed by atoms with Gasteiger partial charge in [-0.3, -0.25) is 0 Å². The Balaban J connectivity index is 2.42. The van der Waals surface area contributed by atoms with Crippen LogP contribution in [-0.2, 0) is 0 Å². The maximum Gasteiger partial charge on any atom is 0.390 e. The third-order valence-electron chi connectivity index (χ3n) is 1.97. The van der Waals surface area contributed by atoms with Gasteiger partial charge in [-0.25, -0.2) is 4.98 Å². The van der Waals surface area contributed by atoms with Crippen LogP contribution >= 0.6 is 11.3 Å². The summed E-state index contributed by atoms with van der Waals surface area (Å²) in [5.74, 6) is 0. The van der Waals surface area contributed by atoms with E-state index in [9.17, 15) is 13.2 Å². The summed E-state index contributed by atoms with van der Waals surface area (Å²) < 4.78 is 36.1. The van der Waals surface area contributed by atoms with E-state index in [0.717, 1.165) is 5.69 Å². The van der Waals surface area contributed by atoms with E-state index in [1.54, 1.807) is 5.51 Å². The molecular weight excluding hydrogens is 225 g/mol. The number of alkyl halides is 3. The van der Waals surface area contributed by atoms with Crippen molar-refractivity contribution >= 4 is 11.3 Å². The van der Waals surface area contributed by atoms with E-state index in [4.69, 9.17) is 0 Å². The Morgan fingerprint density at radius 1 is 1.47 bits per heavy atom. The molecule has 2 nitrogen and oxygen atoms in total. The minimum Gasteiger partial charge on any atom is -0.306 e. The molecule has 0 aromatic carbocycles. The summed E-state index contributed by atoms with van der Waals surface area (Å²) >= 11 is 1.43. The minimum atomic E-state index is -4.12. The van der Waals surface area contributed by atoms with Crippen molar-refractivity contribution in [1.82, 2.24) is 10.3 Å². The maximum absolute atomic E-state index is 12.0. The molecule has 0 aliphatic heterocycles. The van der Waals surface area contributed by atoms with E-state index in [1.807, 2.05) is 12.3 Å². The predicted octanol–water partition coefficient (Wildman–Crippen LogP) is 3.13. The fraction of sp³-hybridized carbons (Fsp3) is 0.667. The maximum atomic E-state index is 12.0. The second kappa shape index (κ2) is 4.94. The number of halogens is 3. The molecular formula is C9H13F3N2S. The Morgan fingerprint density at radius 2 is 2.13 bits per heavy atom. The summed E-state index contributed by atoms with van der Waals surface area (Å²) in [6.07, 6.45) is -4.93.